The van der Waals surface area contributed by atoms with E-state index in [-0.39, 0.29) is 5.75 Å². The lowest BCUT2D eigenvalue weighted by Crippen LogP contribution is -2.32. The van der Waals surface area contributed by atoms with Gasteiger partial charge in [-0.25, -0.2) is 13.1 Å². The van der Waals surface area contributed by atoms with E-state index in [0.717, 1.165) is 35.9 Å². The Kier molecular flexibility index (Phi) is 7.17. The summed E-state index contributed by atoms with van der Waals surface area (Å²) in [6, 6.07) is 22.2. The van der Waals surface area contributed by atoms with Crippen LogP contribution in [0.15, 0.2) is 79.1 Å². The molecule has 0 saturated heterocycles. The summed E-state index contributed by atoms with van der Waals surface area (Å²) in [5, 5.41) is 0. The molecule has 0 fully saturated rings. The molecule has 1 amide bonds. The summed E-state index contributed by atoms with van der Waals surface area (Å²) in [4.78, 5) is 12.7. The quantitative estimate of drug-likeness (QED) is 0.314. The molecule has 2 heterocycles. The summed E-state index contributed by atoms with van der Waals surface area (Å²) in [7, 11) is -3.64. The predicted molar refractivity (Wildman–Crippen MR) is 138 cm³/mol. The van der Waals surface area contributed by atoms with E-state index in [9.17, 15) is 13.2 Å². The van der Waals surface area contributed by atoms with E-state index in [2.05, 4.69) is 48.0 Å². The smallest absolute Gasteiger partial charge is 0.264 e. The number of carbonyl (C=O) groups excluding carboxylic acids is 1. The second-order valence-corrected chi connectivity index (χ2v) is 10.5. The number of sulfonamides is 1. The number of nitrogens with one attached hydrogen (secondary N) is 1. The highest BCUT2D eigenvalue weighted by atomic mass is 32.2. The van der Waals surface area contributed by atoms with Gasteiger partial charge in [0.1, 0.15) is 0 Å². The molecule has 176 valence electrons. The highest BCUT2D eigenvalue weighted by molar-refractivity contribution is 7.90. The number of rotatable bonds is 9. The Hall–Kier alpha value is -3.38. The fourth-order valence-electron chi connectivity index (χ4n) is 4.17. The first-order chi connectivity index (χ1) is 16.4. The van der Waals surface area contributed by atoms with Crippen LogP contribution in [0.5, 0.6) is 0 Å². The first-order valence-electron chi connectivity index (χ1n) is 11.7. The molecule has 5 nitrogen and oxygen atoms in total. The Morgan fingerprint density at radius 2 is 1.65 bits per heavy atom. The minimum Gasteiger partial charge on any atom is -0.323 e. The average Bonchev–Trinajstić information content (AvgIpc) is 3.14. The summed E-state index contributed by atoms with van der Waals surface area (Å²) in [6.45, 7) is 4.06. The predicted octanol–water partition coefficient (Wildman–Crippen LogP) is 5.76. The maximum atomic E-state index is 12.7. The number of hydrogen-bond acceptors (Lipinski definition) is 3. The van der Waals surface area contributed by atoms with E-state index < -0.39 is 15.9 Å². The van der Waals surface area contributed by atoms with Gasteiger partial charge in [-0.05, 0) is 59.7 Å². The Morgan fingerprint density at radius 1 is 0.941 bits per heavy atom. The second kappa shape index (κ2) is 10.3. The summed E-state index contributed by atoms with van der Waals surface area (Å²) in [5.41, 5.74) is 7.00. The van der Waals surface area contributed by atoms with Crippen molar-refractivity contribution in [3.8, 4) is 11.1 Å². The van der Waals surface area contributed by atoms with Crippen LogP contribution in [0.4, 0.5) is 0 Å². The van der Waals surface area contributed by atoms with Crippen LogP contribution in [0.25, 0.3) is 16.6 Å². The number of aromatic nitrogens is 1. The van der Waals surface area contributed by atoms with Gasteiger partial charge < -0.3 is 4.40 Å². The molecule has 6 heteroatoms. The number of fused-ring (bicyclic) bond motifs is 1. The molecule has 4 aromatic rings. The van der Waals surface area contributed by atoms with Crippen molar-refractivity contribution in [2.75, 3.05) is 5.75 Å². The van der Waals surface area contributed by atoms with Crippen LogP contribution in [0.3, 0.4) is 0 Å². The van der Waals surface area contributed by atoms with Crippen molar-refractivity contribution in [2.45, 2.75) is 39.5 Å². The number of hydrogen-bond donors (Lipinski definition) is 1. The number of aryl methyl sites for hydroxylation is 1. The zero-order valence-corrected chi connectivity index (χ0v) is 20.4. The minimum atomic E-state index is -3.64. The minimum absolute atomic E-state index is 0.0384. The van der Waals surface area contributed by atoms with Gasteiger partial charge >= 0.3 is 0 Å². The molecule has 2 aromatic carbocycles. The lowest BCUT2D eigenvalue weighted by atomic mass is 9.99. The van der Waals surface area contributed by atoms with Gasteiger partial charge in [0, 0.05) is 23.5 Å². The summed E-state index contributed by atoms with van der Waals surface area (Å²) >= 11 is 0. The topological polar surface area (TPSA) is 67.7 Å². The number of pyridine rings is 1. The van der Waals surface area contributed by atoms with Crippen molar-refractivity contribution >= 4 is 21.4 Å². The number of benzene rings is 2. The number of nitrogens with zero attached hydrogens (tertiary/aromatic N) is 1. The Bertz CT molecular complexity index is 1390. The lowest BCUT2D eigenvalue weighted by Gasteiger charge is -2.09. The van der Waals surface area contributed by atoms with Crippen LogP contribution in [0.1, 0.15) is 53.2 Å². The lowest BCUT2D eigenvalue weighted by molar-refractivity contribution is 0.0981. The molecule has 34 heavy (non-hydrogen) atoms. The molecule has 1 N–H and O–H groups in total. The highest BCUT2D eigenvalue weighted by Gasteiger charge is 2.17. The van der Waals surface area contributed by atoms with Crippen LogP contribution < -0.4 is 4.72 Å². The van der Waals surface area contributed by atoms with E-state index in [0.29, 0.717) is 12.0 Å². The number of carbonyl (C=O) groups is 1. The second-order valence-electron chi connectivity index (χ2n) is 8.70. The third-order valence-electron chi connectivity index (χ3n) is 6.07. The molecular weight excluding hydrogens is 444 g/mol. The van der Waals surface area contributed by atoms with Gasteiger partial charge in [0.15, 0.2) is 0 Å². The fourth-order valence-corrected chi connectivity index (χ4v) is 5.26. The maximum Gasteiger partial charge on any atom is 0.264 e. The van der Waals surface area contributed by atoms with Gasteiger partial charge in [0.05, 0.1) is 5.75 Å². The van der Waals surface area contributed by atoms with Gasteiger partial charge in [-0.1, -0.05) is 74.4 Å². The van der Waals surface area contributed by atoms with E-state index in [4.69, 9.17) is 0 Å². The molecule has 0 bridgehead atoms. The first-order valence-corrected chi connectivity index (χ1v) is 13.3. The molecule has 0 unspecified atom stereocenters. The zero-order valence-electron chi connectivity index (χ0n) is 19.6. The third-order valence-corrected chi connectivity index (χ3v) is 7.39. The monoisotopic (exact) mass is 474 g/mol. The largest absolute Gasteiger partial charge is 0.323 e. The normalized spacial score (nSPS) is 11.6. The summed E-state index contributed by atoms with van der Waals surface area (Å²) in [6.07, 6.45) is 6.85. The maximum absolute atomic E-state index is 12.7. The molecule has 0 aliphatic carbocycles. The van der Waals surface area contributed by atoms with Gasteiger partial charge in [-0.15, -0.1) is 0 Å². The summed E-state index contributed by atoms with van der Waals surface area (Å²) < 4.78 is 28.7. The molecule has 0 saturated carbocycles. The van der Waals surface area contributed by atoms with Crippen LogP contribution in [-0.2, 0) is 16.4 Å². The standard InChI is InChI=1S/C28H30N2O3S/c1-3-4-8-17-34(32,33)29-28(31)25-15-16-30-20-21(2)26(27(30)19-25)18-22-11-13-24(14-12-22)23-9-6-5-7-10-23/h5-7,9-16,19-20H,3-4,8,17-18H2,1-2H3,(H,29,31). The average molecular weight is 475 g/mol. The van der Waals surface area contributed by atoms with Crippen molar-refractivity contribution in [2.24, 2.45) is 0 Å². The Balaban J connectivity index is 1.55. The van der Waals surface area contributed by atoms with Crippen LogP contribution >= 0.6 is 0 Å². The van der Waals surface area contributed by atoms with Crippen molar-refractivity contribution in [1.29, 1.82) is 0 Å². The Morgan fingerprint density at radius 3 is 2.35 bits per heavy atom. The first kappa shape index (κ1) is 23.8. The molecule has 0 atom stereocenters. The molecule has 0 radical (unpaired) electrons. The van der Waals surface area contributed by atoms with Gasteiger partial charge in [-0.3, -0.25) is 4.79 Å². The van der Waals surface area contributed by atoms with E-state index >= 15 is 0 Å². The zero-order chi connectivity index (χ0) is 24.1. The Labute approximate surface area is 201 Å². The molecule has 0 aliphatic rings. The van der Waals surface area contributed by atoms with Crippen LogP contribution in [-0.4, -0.2) is 24.5 Å². The van der Waals surface area contributed by atoms with E-state index in [1.165, 1.54) is 16.7 Å². The molecule has 2 aromatic heterocycles. The van der Waals surface area contributed by atoms with Gasteiger partial charge in [-0.2, -0.15) is 0 Å². The molecule has 4 rings (SSSR count). The van der Waals surface area contributed by atoms with E-state index in [1.807, 2.05) is 41.9 Å². The fraction of sp³-hybridized carbons (Fsp3) is 0.250. The SMILES string of the molecule is CCCCCS(=O)(=O)NC(=O)c1ccn2cc(C)c(Cc3ccc(-c4ccccc4)cc3)c2c1. The van der Waals surface area contributed by atoms with Gasteiger partial charge in [0.2, 0.25) is 10.0 Å². The van der Waals surface area contributed by atoms with Crippen LogP contribution in [0.2, 0.25) is 0 Å². The van der Waals surface area contributed by atoms with Crippen LogP contribution in [0, 0.1) is 6.92 Å². The van der Waals surface area contributed by atoms with Crippen molar-refractivity contribution in [3.63, 3.8) is 0 Å². The van der Waals surface area contributed by atoms with Crippen molar-refractivity contribution in [3.05, 3.63) is 101 Å². The molecule has 0 aliphatic heterocycles. The number of amides is 1. The molecular formula is C28H30N2O3S. The summed E-state index contributed by atoms with van der Waals surface area (Å²) in [5.74, 6) is -0.625. The van der Waals surface area contributed by atoms with E-state index in [1.54, 1.807) is 12.1 Å². The van der Waals surface area contributed by atoms with Crippen molar-refractivity contribution < 1.29 is 13.2 Å². The molecule has 0 spiro atoms. The third kappa shape index (κ3) is 5.57. The van der Waals surface area contributed by atoms with Crippen molar-refractivity contribution in [1.82, 2.24) is 9.12 Å². The van der Waals surface area contributed by atoms with Gasteiger partial charge in [0.25, 0.3) is 5.91 Å². The highest BCUT2D eigenvalue weighted by Crippen LogP contribution is 2.25. The number of unbranched alkanes of at least 4 members (excludes halogenated alkanes) is 2.